The molecule has 1 aliphatic rings. The van der Waals surface area contributed by atoms with Gasteiger partial charge in [0.05, 0.1) is 0 Å². The number of hydrogen-bond acceptors (Lipinski definition) is 3. The summed E-state index contributed by atoms with van der Waals surface area (Å²) >= 11 is 0. The number of benzene rings is 2. The highest BCUT2D eigenvalue weighted by Crippen LogP contribution is 2.53. The van der Waals surface area contributed by atoms with Gasteiger partial charge in [-0.3, -0.25) is 0 Å². The summed E-state index contributed by atoms with van der Waals surface area (Å²) in [4.78, 5) is 0. The highest BCUT2D eigenvalue weighted by Gasteiger charge is 2.35. The van der Waals surface area contributed by atoms with Crippen LogP contribution in [0.1, 0.15) is 128 Å². The molecule has 4 heteroatoms. The van der Waals surface area contributed by atoms with Crippen molar-refractivity contribution in [3.05, 3.63) is 57.6 Å². The van der Waals surface area contributed by atoms with Gasteiger partial charge in [0.1, 0.15) is 17.6 Å². The van der Waals surface area contributed by atoms with E-state index in [9.17, 15) is 0 Å². The average molecular weight is 559 g/mol. The molecule has 1 heterocycles. The third kappa shape index (κ3) is 7.33. The molecule has 0 radical (unpaired) electrons. The molecule has 1 aliphatic heterocycles. The van der Waals surface area contributed by atoms with E-state index < -0.39 is 8.60 Å². The van der Waals surface area contributed by atoms with Crippen LogP contribution in [0, 0.1) is 36.2 Å². The lowest BCUT2D eigenvalue weighted by Crippen LogP contribution is -2.22. The van der Waals surface area contributed by atoms with Crippen LogP contribution in [0.4, 0.5) is 0 Å². The monoisotopic (exact) mass is 558 g/mol. The number of fused-ring (bicyclic) bond motifs is 2. The van der Waals surface area contributed by atoms with Crippen molar-refractivity contribution in [2.45, 2.75) is 111 Å². The summed E-state index contributed by atoms with van der Waals surface area (Å²) in [6, 6.07) is 9.12. The third-order valence-electron chi connectivity index (χ3n) is 6.76. The maximum absolute atomic E-state index is 6.62. The summed E-state index contributed by atoms with van der Waals surface area (Å²) in [5.74, 6) is 11.6. The van der Waals surface area contributed by atoms with E-state index in [1.54, 1.807) is 0 Å². The van der Waals surface area contributed by atoms with Crippen molar-refractivity contribution in [1.82, 2.24) is 0 Å². The molecule has 0 fully saturated rings. The SMILES string of the molecule is C#CC#CC#COP1Oc2c(cc(C(C)(C)C)cc2C(C)(C)C)Cc2cc(C(C)(C)C)cc(C(C)(C)C)c2O1.[HH].[HH].[HH].[HH].[HH].[HH].[HH].[HH]. The average Bonchev–Trinajstić information content (AvgIpc) is 2.76. The van der Waals surface area contributed by atoms with Crippen molar-refractivity contribution < 1.29 is 25.0 Å². The van der Waals surface area contributed by atoms with Gasteiger partial charge >= 0.3 is 8.60 Å². The van der Waals surface area contributed by atoms with E-state index in [0.29, 0.717) is 6.42 Å². The van der Waals surface area contributed by atoms with E-state index in [1.165, 1.54) is 11.1 Å². The van der Waals surface area contributed by atoms with Crippen LogP contribution in [0.25, 0.3) is 0 Å². The molecule has 0 unspecified atom stereocenters. The van der Waals surface area contributed by atoms with Gasteiger partial charge in [-0.1, -0.05) is 107 Å². The molecule has 0 saturated carbocycles. The minimum absolute atomic E-state index is 0. The van der Waals surface area contributed by atoms with Crippen LogP contribution in [0.5, 0.6) is 11.5 Å². The Morgan fingerprint density at radius 2 is 1.10 bits per heavy atom. The number of rotatable bonds is 1. The van der Waals surface area contributed by atoms with Crippen LogP contribution in [0.2, 0.25) is 0 Å². The quantitative estimate of drug-likeness (QED) is 0.257. The van der Waals surface area contributed by atoms with Gasteiger partial charge in [0.25, 0.3) is 0 Å². The highest BCUT2D eigenvalue weighted by atomic mass is 31.2. The lowest BCUT2D eigenvalue weighted by molar-refractivity contribution is 0.355. The summed E-state index contributed by atoms with van der Waals surface area (Å²) in [5, 5.41) is 0. The van der Waals surface area contributed by atoms with Gasteiger partial charge < -0.3 is 13.6 Å². The van der Waals surface area contributed by atoms with Crippen LogP contribution in [0.3, 0.4) is 0 Å². The molecule has 0 atom stereocenters. The van der Waals surface area contributed by atoms with E-state index in [1.807, 2.05) is 0 Å². The lowest BCUT2D eigenvalue weighted by Gasteiger charge is -2.34. The van der Waals surface area contributed by atoms with Gasteiger partial charge in [0, 0.05) is 40.8 Å². The Kier molecular flexibility index (Phi) is 8.48. The van der Waals surface area contributed by atoms with Crippen LogP contribution in [-0.2, 0) is 32.6 Å². The third-order valence-corrected chi connectivity index (χ3v) is 7.66. The second kappa shape index (κ2) is 10.8. The van der Waals surface area contributed by atoms with Crippen molar-refractivity contribution >= 4 is 8.60 Å². The maximum Gasteiger partial charge on any atom is 0.539 e. The molecule has 3 rings (SSSR count). The standard InChI is InChI=1S/C35H43O3P.8H2/c1-14-15-16-17-18-36-39-37-30-24(20-26(32(2,3)4)22-28(30)34(8,9)10)19-25-21-27(33(5,6)7)23-29(31(25)38-39)35(11,12)13;;;;;;;;/h1,20-23H,19H2,2-13H3;8*1H. The predicted octanol–water partition coefficient (Wildman–Crippen LogP) is 11.0. The molecule has 0 N–H and O–H groups in total. The summed E-state index contributed by atoms with van der Waals surface area (Å²) in [5.41, 5.74) is 6.66. The molecule has 0 aliphatic carbocycles. The molecule has 39 heavy (non-hydrogen) atoms. The molecule has 222 valence electrons. The first-order chi connectivity index (χ1) is 17.8. The van der Waals surface area contributed by atoms with Gasteiger partial charge in [0.15, 0.2) is 0 Å². The lowest BCUT2D eigenvalue weighted by atomic mass is 9.76. The first-order valence-corrected chi connectivity index (χ1v) is 14.6. The predicted molar refractivity (Wildman–Crippen MR) is 181 cm³/mol. The zero-order chi connectivity index (χ0) is 29.4. The summed E-state index contributed by atoms with van der Waals surface area (Å²) < 4.78 is 19.1. The molecule has 2 aromatic rings. The largest absolute Gasteiger partial charge is 0.539 e. The Morgan fingerprint density at radius 1 is 0.667 bits per heavy atom. The molecular weight excluding hydrogens is 499 g/mol. The second-order valence-corrected chi connectivity index (χ2v) is 15.3. The van der Waals surface area contributed by atoms with Crippen LogP contribution in [-0.4, -0.2) is 0 Å². The van der Waals surface area contributed by atoms with Crippen LogP contribution >= 0.6 is 8.60 Å². The first-order valence-electron chi connectivity index (χ1n) is 13.5. The van der Waals surface area contributed by atoms with Gasteiger partial charge in [-0.25, -0.2) is 0 Å². The molecule has 0 aromatic heterocycles. The fourth-order valence-electron chi connectivity index (χ4n) is 4.40. The van der Waals surface area contributed by atoms with Crippen molar-refractivity contribution in [3.63, 3.8) is 0 Å². The molecular formula is C35H59O3P. The van der Waals surface area contributed by atoms with Gasteiger partial charge in [-0.2, -0.15) is 0 Å². The summed E-state index contributed by atoms with van der Waals surface area (Å²) in [7, 11) is -1.90. The van der Waals surface area contributed by atoms with Crippen molar-refractivity contribution in [1.29, 1.82) is 0 Å². The molecule has 2 aromatic carbocycles. The number of hydrogen-bond donors (Lipinski definition) is 0. The van der Waals surface area contributed by atoms with Crippen molar-refractivity contribution in [2.24, 2.45) is 0 Å². The molecule has 0 saturated heterocycles. The fraction of sp³-hybridized carbons (Fsp3) is 0.486. The van der Waals surface area contributed by atoms with Crippen LogP contribution in [0.15, 0.2) is 24.3 Å². The Labute approximate surface area is 250 Å². The van der Waals surface area contributed by atoms with E-state index >= 15 is 0 Å². The Hall–Kier alpha value is -3.05. The van der Waals surface area contributed by atoms with Gasteiger partial charge in [-0.15, -0.1) is 6.42 Å². The Morgan fingerprint density at radius 3 is 1.46 bits per heavy atom. The zero-order valence-corrected chi connectivity index (χ0v) is 26.7. The van der Waals surface area contributed by atoms with Crippen LogP contribution < -0.4 is 9.05 Å². The minimum atomic E-state index is -1.90. The first kappa shape index (κ1) is 30.5. The molecule has 3 nitrogen and oxygen atoms in total. The van der Waals surface area contributed by atoms with E-state index in [0.717, 1.165) is 33.8 Å². The van der Waals surface area contributed by atoms with Crippen molar-refractivity contribution in [3.8, 4) is 47.7 Å². The summed E-state index contributed by atoms with van der Waals surface area (Å²) in [6.45, 7) is 26.7. The Balaban J connectivity index is -0.000000525. The zero-order valence-electron chi connectivity index (χ0n) is 25.8. The smallest absolute Gasteiger partial charge is 0.407 e. The fourth-order valence-corrected chi connectivity index (χ4v) is 5.36. The van der Waals surface area contributed by atoms with E-state index in [2.05, 4.69) is 137 Å². The maximum atomic E-state index is 6.62. The second-order valence-electron chi connectivity index (χ2n) is 14.3. The molecule has 0 spiro atoms. The minimum Gasteiger partial charge on any atom is -0.407 e. The van der Waals surface area contributed by atoms with Gasteiger partial charge in [-0.05, 0) is 55.8 Å². The van der Waals surface area contributed by atoms with Gasteiger partial charge in [0.2, 0.25) is 0 Å². The highest BCUT2D eigenvalue weighted by molar-refractivity contribution is 7.42. The van der Waals surface area contributed by atoms with E-state index in [-0.39, 0.29) is 33.1 Å². The summed E-state index contributed by atoms with van der Waals surface area (Å²) in [6.07, 6.45) is 8.55. The normalized spacial score (nSPS) is 13.9. The van der Waals surface area contributed by atoms with Crippen molar-refractivity contribution in [2.75, 3.05) is 0 Å². The molecule has 0 amide bonds. The molecule has 0 bridgehead atoms. The topological polar surface area (TPSA) is 27.7 Å². The number of terminal acetylenes is 1. The van der Waals surface area contributed by atoms with E-state index in [4.69, 9.17) is 20.0 Å². The Bertz CT molecular complexity index is 1350.